The largest absolute Gasteiger partial charge is 0.495 e. The van der Waals surface area contributed by atoms with Crippen LogP contribution in [0.1, 0.15) is 37.0 Å². The Balaban J connectivity index is 1.87. The van der Waals surface area contributed by atoms with E-state index < -0.39 is 0 Å². The van der Waals surface area contributed by atoms with Gasteiger partial charge >= 0.3 is 0 Å². The Hall–Kier alpha value is -3.08. The highest BCUT2D eigenvalue weighted by molar-refractivity contribution is 6.45. The van der Waals surface area contributed by atoms with E-state index in [4.69, 9.17) is 4.74 Å². The normalized spacial score (nSPS) is 21.8. The van der Waals surface area contributed by atoms with Crippen LogP contribution < -0.4 is 9.64 Å². The minimum atomic E-state index is -0.293. The van der Waals surface area contributed by atoms with Crippen LogP contribution in [0, 0.1) is 25.7 Å². The number of carbonyl (C=O) groups excluding carboxylic acids is 2. The van der Waals surface area contributed by atoms with E-state index in [9.17, 15) is 9.59 Å². The number of carbonyl (C=O) groups is 2. The van der Waals surface area contributed by atoms with Gasteiger partial charge in [0, 0.05) is 13.1 Å². The summed E-state index contributed by atoms with van der Waals surface area (Å²) in [6, 6.07) is 13.4. The summed E-state index contributed by atoms with van der Waals surface area (Å²) in [6.07, 6.45) is 1.13. The van der Waals surface area contributed by atoms with Gasteiger partial charge in [0.05, 0.1) is 18.4 Å². The van der Waals surface area contributed by atoms with Crippen molar-refractivity contribution < 1.29 is 14.3 Å². The fourth-order valence-electron chi connectivity index (χ4n) is 4.83. The molecule has 31 heavy (non-hydrogen) atoms. The van der Waals surface area contributed by atoms with Gasteiger partial charge in [-0.25, -0.2) is 4.90 Å². The third-order valence-corrected chi connectivity index (χ3v) is 6.16. The van der Waals surface area contributed by atoms with Crippen molar-refractivity contribution in [2.75, 3.05) is 25.1 Å². The first-order chi connectivity index (χ1) is 14.8. The maximum Gasteiger partial charge on any atom is 0.282 e. The zero-order chi connectivity index (χ0) is 22.3. The van der Waals surface area contributed by atoms with Crippen LogP contribution in [-0.4, -0.2) is 36.9 Å². The molecule has 0 spiro atoms. The summed E-state index contributed by atoms with van der Waals surface area (Å²) < 4.78 is 5.50. The summed E-state index contributed by atoms with van der Waals surface area (Å²) in [6.45, 7) is 9.91. The quantitative estimate of drug-likeness (QED) is 0.683. The zero-order valence-electron chi connectivity index (χ0n) is 18.9. The van der Waals surface area contributed by atoms with Crippen LogP contribution in [0.5, 0.6) is 5.75 Å². The topological polar surface area (TPSA) is 49.9 Å². The number of ether oxygens (including phenoxy) is 1. The predicted molar refractivity (Wildman–Crippen MR) is 123 cm³/mol. The average molecular weight is 419 g/mol. The Kier molecular flexibility index (Phi) is 5.61. The summed E-state index contributed by atoms with van der Waals surface area (Å²) in [5.74, 6) is 0.864. The molecule has 0 aliphatic carbocycles. The third-order valence-electron chi connectivity index (χ3n) is 6.16. The molecule has 2 aliphatic heterocycles. The van der Waals surface area contributed by atoms with Gasteiger partial charge in [-0.1, -0.05) is 49.7 Å². The molecule has 1 fully saturated rings. The molecule has 2 atom stereocenters. The molecule has 2 heterocycles. The van der Waals surface area contributed by atoms with Gasteiger partial charge in [0.1, 0.15) is 11.4 Å². The number of aryl methyl sites for hydroxylation is 2. The molecule has 2 aromatic rings. The second kappa shape index (κ2) is 8.22. The summed E-state index contributed by atoms with van der Waals surface area (Å²) in [5, 5.41) is 0. The fourth-order valence-corrected chi connectivity index (χ4v) is 4.83. The number of piperidine rings is 1. The molecular formula is C26H30N2O3. The molecule has 2 aliphatic rings. The number of methoxy groups -OCH3 is 1. The molecular weight excluding hydrogens is 388 g/mol. The van der Waals surface area contributed by atoms with Crippen molar-refractivity contribution in [3.8, 4) is 5.75 Å². The maximum atomic E-state index is 13.8. The van der Waals surface area contributed by atoms with Crippen LogP contribution in [-0.2, 0) is 9.59 Å². The number of hydrogen-bond donors (Lipinski definition) is 0. The first-order valence-corrected chi connectivity index (χ1v) is 10.9. The van der Waals surface area contributed by atoms with Gasteiger partial charge < -0.3 is 9.64 Å². The van der Waals surface area contributed by atoms with Crippen LogP contribution in [0.25, 0.3) is 5.57 Å². The molecule has 0 aromatic heterocycles. The number of imide groups is 1. The monoisotopic (exact) mass is 418 g/mol. The Morgan fingerprint density at radius 3 is 2.10 bits per heavy atom. The van der Waals surface area contributed by atoms with E-state index in [-0.39, 0.29) is 11.8 Å². The number of hydrogen-bond acceptors (Lipinski definition) is 4. The van der Waals surface area contributed by atoms with Crippen LogP contribution in [0.4, 0.5) is 5.69 Å². The van der Waals surface area contributed by atoms with Crippen molar-refractivity contribution in [3.63, 3.8) is 0 Å². The lowest BCUT2D eigenvalue weighted by molar-refractivity contribution is -0.120. The fraction of sp³-hybridized carbons (Fsp3) is 0.385. The molecule has 162 valence electrons. The van der Waals surface area contributed by atoms with Crippen molar-refractivity contribution in [2.45, 2.75) is 34.1 Å². The van der Waals surface area contributed by atoms with Crippen molar-refractivity contribution in [1.29, 1.82) is 0 Å². The van der Waals surface area contributed by atoms with Gasteiger partial charge in [-0.05, 0) is 55.4 Å². The van der Waals surface area contributed by atoms with Gasteiger partial charge in [-0.3, -0.25) is 9.59 Å². The lowest BCUT2D eigenvalue weighted by atomic mass is 9.91. The number of benzene rings is 2. The van der Waals surface area contributed by atoms with E-state index >= 15 is 0 Å². The Morgan fingerprint density at radius 2 is 1.48 bits per heavy atom. The van der Waals surface area contributed by atoms with Crippen molar-refractivity contribution >= 4 is 23.1 Å². The molecule has 0 saturated carbocycles. The lowest BCUT2D eigenvalue weighted by Crippen LogP contribution is -2.42. The van der Waals surface area contributed by atoms with Gasteiger partial charge in [0.25, 0.3) is 11.8 Å². The minimum Gasteiger partial charge on any atom is -0.495 e. The van der Waals surface area contributed by atoms with Crippen LogP contribution >= 0.6 is 0 Å². The van der Waals surface area contributed by atoms with Crippen molar-refractivity contribution in [1.82, 2.24) is 4.90 Å². The molecule has 0 radical (unpaired) electrons. The predicted octanol–water partition coefficient (Wildman–Crippen LogP) is 4.57. The summed E-state index contributed by atoms with van der Waals surface area (Å²) in [7, 11) is 1.56. The van der Waals surface area contributed by atoms with E-state index in [2.05, 4.69) is 18.7 Å². The van der Waals surface area contributed by atoms with Crippen LogP contribution in [0.2, 0.25) is 0 Å². The number of likely N-dealkylation sites (tertiary alicyclic amines) is 1. The highest BCUT2D eigenvalue weighted by Gasteiger charge is 2.44. The third kappa shape index (κ3) is 3.85. The lowest BCUT2D eigenvalue weighted by Gasteiger charge is -2.37. The molecule has 2 unspecified atom stereocenters. The van der Waals surface area contributed by atoms with E-state index in [0.29, 0.717) is 34.5 Å². The first-order valence-electron chi connectivity index (χ1n) is 10.9. The number of anilines is 1. The molecule has 4 rings (SSSR count). The van der Waals surface area contributed by atoms with E-state index in [1.54, 1.807) is 13.2 Å². The average Bonchev–Trinajstić information content (AvgIpc) is 2.98. The standard InChI is InChI=1S/C26H30N2O3/c1-16-6-9-20(10-7-16)23-24(27-14-18(3)12-19(4)15-27)26(30)28(25(23)29)21-13-17(2)8-11-22(21)31-5/h6-11,13,18-19H,12,14-15H2,1-5H3. The first kappa shape index (κ1) is 21.2. The SMILES string of the molecule is COc1ccc(C)cc1N1C(=O)C(c2ccc(C)cc2)=C(N2CC(C)CC(C)C2)C1=O. The second-order valence-corrected chi connectivity index (χ2v) is 9.06. The molecule has 1 saturated heterocycles. The molecule has 5 nitrogen and oxygen atoms in total. The molecule has 2 amide bonds. The summed E-state index contributed by atoms with van der Waals surface area (Å²) in [5.41, 5.74) is 4.34. The van der Waals surface area contributed by atoms with E-state index in [1.807, 2.05) is 50.2 Å². The second-order valence-electron chi connectivity index (χ2n) is 9.06. The number of nitrogens with zero attached hydrogens (tertiary/aromatic N) is 2. The molecule has 5 heteroatoms. The van der Waals surface area contributed by atoms with Gasteiger partial charge in [0.2, 0.25) is 0 Å². The molecule has 2 aromatic carbocycles. The highest BCUT2D eigenvalue weighted by atomic mass is 16.5. The zero-order valence-corrected chi connectivity index (χ0v) is 18.9. The minimum absolute atomic E-state index is 0.272. The maximum absolute atomic E-state index is 13.8. The van der Waals surface area contributed by atoms with Crippen LogP contribution in [0.15, 0.2) is 48.2 Å². The Bertz CT molecular complexity index is 1040. The van der Waals surface area contributed by atoms with E-state index in [1.165, 1.54) is 4.90 Å². The number of rotatable bonds is 4. The Morgan fingerprint density at radius 1 is 0.871 bits per heavy atom. The van der Waals surface area contributed by atoms with Gasteiger partial charge in [0.15, 0.2) is 0 Å². The van der Waals surface area contributed by atoms with Gasteiger partial charge in [-0.15, -0.1) is 0 Å². The van der Waals surface area contributed by atoms with E-state index in [0.717, 1.165) is 36.2 Å². The van der Waals surface area contributed by atoms with Crippen molar-refractivity contribution in [2.24, 2.45) is 11.8 Å². The Labute approximate surface area is 184 Å². The molecule has 0 N–H and O–H groups in total. The van der Waals surface area contributed by atoms with Crippen LogP contribution in [0.3, 0.4) is 0 Å². The summed E-state index contributed by atoms with van der Waals surface area (Å²) in [4.78, 5) is 31.0. The van der Waals surface area contributed by atoms with Crippen molar-refractivity contribution in [3.05, 3.63) is 64.9 Å². The smallest absolute Gasteiger partial charge is 0.282 e. The highest BCUT2D eigenvalue weighted by Crippen LogP contribution is 2.40. The molecule has 0 bridgehead atoms. The van der Waals surface area contributed by atoms with Gasteiger partial charge in [-0.2, -0.15) is 0 Å². The summed E-state index contributed by atoms with van der Waals surface area (Å²) >= 11 is 0. The number of amides is 2.